The lowest BCUT2D eigenvalue weighted by Gasteiger charge is -2.10. The van der Waals surface area contributed by atoms with E-state index in [1.54, 1.807) is 0 Å². The third kappa shape index (κ3) is 2.10. The van der Waals surface area contributed by atoms with Crippen molar-refractivity contribution in [2.75, 3.05) is 11.9 Å². The van der Waals surface area contributed by atoms with E-state index in [1.807, 2.05) is 25.6 Å². The molecule has 0 saturated carbocycles. The molecule has 0 amide bonds. The summed E-state index contributed by atoms with van der Waals surface area (Å²) in [4.78, 5) is 9.35. The molecule has 2 aromatic heterocycles. The average molecular weight is 276 g/mol. The van der Waals surface area contributed by atoms with Crippen molar-refractivity contribution in [3.63, 3.8) is 0 Å². The minimum absolute atomic E-state index is 0.716. The van der Waals surface area contributed by atoms with Gasteiger partial charge in [-0.3, -0.25) is 0 Å². The van der Waals surface area contributed by atoms with Gasteiger partial charge in [0.15, 0.2) is 5.82 Å². The van der Waals surface area contributed by atoms with Gasteiger partial charge in [-0.25, -0.2) is 9.97 Å². The predicted octanol–water partition coefficient (Wildman–Crippen LogP) is 2.93. The Morgan fingerprint density at radius 2 is 2.11 bits per heavy atom. The molecule has 6 heteroatoms. The summed E-state index contributed by atoms with van der Waals surface area (Å²) in [7, 11) is 0. The average Bonchev–Trinajstić information content (AvgIpc) is 2.97. The summed E-state index contributed by atoms with van der Waals surface area (Å²) >= 11 is 1.88. The zero-order valence-corrected chi connectivity index (χ0v) is 12.1. The van der Waals surface area contributed by atoms with Crippen molar-refractivity contribution >= 4 is 17.6 Å². The van der Waals surface area contributed by atoms with E-state index >= 15 is 0 Å². The SMILES string of the molecule is CCNc1nc(-c2c(C)noc2C)nc2c1CSC2. The van der Waals surface area contributed by atoms with E-state index in [9.17, 15) is 0 Å². The van der Waals surface area contributed by atoms with Gasteiger partial charge in [0.25, 0.3) is 0 Å². The van der Waals surface area contributed by atoms with E-state index in [4.69, 9.17) is 4.52 Å². The first-order chi connectivity index (χ1) is 9.20. The topological polar surface area (TPSA) is 63.8 Å². The van der Waals surface area contributed by atoms with Crippen LogP contribution in [0.4, 0.5) is 5.82 Å². The lowest BCUT2D eigenvalue weighted by molar-refractivity contribution is 0.393. The van der Waals surface area contributed by atoms with Crippen LogP contribution in [-0.2, 0) is 11.5 Å². The van der Waals surface area contributed by atoms with Crippen LogP contribution in [0.3, 0.4) is 0 Å². The number of thioether (sulfide) groups is 1. The van der Waals surface area contributed by atoms with Gasteiger partial charge >= 0.3 is 0 Å². The second kappa shape index (κ2) is 4.85. The van der Waals surface area contributed by atoms with Crippen molar-refractivity contribution in [2.45, 2.75) is 32.3 Å². The highest BCUT2D eigenvalue weighted by molar-refractivity contribution is 7.98. The zero-order valence-electron chi connectivity index (χ0n) is 11.3. The predicted molar refractivity (Wildman–Crippen MR) is 76.2 cm³/mol. The van der Waals surface area contributed by atoms with Gasteiger partial charge in [-0.15, -0.1) is 0 Å². The molecular formula is C13H16N4OS. The first-order valence-electron chi connectivity index (χ1n) is 6.35. The summed E-state index contributed by atoms with van der Waals surface area (Å²) in [5.41, 5.74) is 4.12. The highest BCUT2D eigenvalue weighted by Crippen LogP contribution is 2.35. The summed E-state index contributed by atoms with van der Waals surface area (Å²) in [6, 6.07) is 0. The van der Waals surface area contributed by atoms with Crippen LogP contribution in [-0.4, -0.2) is 21.7 Å². The number of hydrogen-bond acceptors (Lipinski definition) is 6. The Balaban J connectivity index is 2.15. The fraction of sp³-hybridized carbons (Fsp3) is 0.462. The first-order valence-corrected chi connectivity index (χ1v) is 7.50. The molecule has 0 aliphatic carbocycles. The lowest BCUT2D eigenvalue weighted by atomic mass is 10.1. The molecule has 3 heterocycles. The second-order valence-electron chi connectivity index (χ2n) is 4.54. The molecule has 3 rings (SSSR count). The van der Waals surface area contributed by atoms with Crippen molar-refractivity contribution in [3.05, 3.63) is 22.7 Å². The second-order valence-corrected chi connectivity index (χ2v) is 5.53. The summed E-state index contributed by atoms with van der Waals surface area (Å²) < 4.78 is 5.21. The minimum atomic E-state index is 0.716. The van der Waals surface area contributed by atoms with Crippen LogP contribution in [0.1, 0.15) is 29.6 Å². The monoisotopic (exact) mass is 276 g/mol. The standard InChI is InChI=1S/C13H16N4OS/c1-4-14-12-9-5-19-6-10(9)15-13(16-12)11-7(2)17-18-8(11)3/h4-6H2,1-3H3,(H,14,15,16). The molecule has 1 aliphatic rings. The van der Waals surface area contributed by atoms with Gasteiger partial charge in [0, 0.05) is 23.6 Å². The molecule has 19 heavy (non-hydrogen) atoms. The Bertz CT molecular complexity index is 604. The van der Waals surface area contributed by atoms with Crippen LogP contribution in [0.5, 0.6) is 0 Å². The van der Waals surface area contributed by atoms with Crippen molar-refractivity contribution < 1.29 is 4.52 Å². The summed E-state index contributed by atoms with van der Waals surface area (Å²) in [6.45, 7) is 6.75. The molecule has 1 aliphatic heterocycles. The van der Waals surface area contributed by atoms with E-state index in [0.717, 1.165) is 46.6 Å². The molecule has 0 spiro atoms. The highest BCUT2D eigenvalue weighted by atomic mass is 32.2. The molecule has 0 aromatic carbocycles. The third-order valence-electron chi connectivity index (χ3n) is 3.18. The van der Waals surface area contributed by atoms with Crippen LogP contribution in [0, 0.1) is 13.8 Å². The minimum Gasteiger partial charge on any atom is -0.370 e. The van der Waals surface area contributed by atoms with E-state index in [0.29, 0.717) is 5.82 Å². The van der Waals surface area contributed by atoms with Crippen LogP contribution < -0.4 is 5.32 Å². The zero-order chi connectivity index (χ0) is 13.4. The maximum atomic E-state index is 5.21. The summed E-state index contributed by atoms with van der Waals surface area (Å²) in [5, 5.41) is 7.31. The maximum absolute atomic E-state index is 5.21. The van der Waals surface area contributed by atoms with Crippen molar-refractivity contribution in [2.24, 2.45) is 0 Å². The van der Waals surface area contributed by atoms with Crippen LogP contribution in [0.25, 0.3) is 11.4 Å². The molecule has 0 unspecified atom stereocenters. The molecule has 0 saturated heterocycles. The molecule has 2 aromatic rings. The lowest BCUT2D eigenvalue weighted by Crippen LogP contribution is -2.07. The molecular weight excluding hydrogens is 260 g/mol. The van der Waals surface area contributed by atoms with Crippen molar-refractivity contribution in [1.29, 1.82) is 0 Å². The quantitative estimate of drug-likeness (QED) is 0.930. The largest absolute Gasteiger partial charge is 0.370 e. The molecule has 0 radical (unpaired) electrons. The van der Waals surface area contributed by atoms with Gasteiger partial charge in [-0.05, 0) is 20.8 Å². The smallest absolute Gasteiger partial charge is 0.167 e. The Morgan fingerprint density at radius 3 is 2.79 bits per heavy atom. The normalized spacial score (nSPS) is 13.6. The van der Waals surface area contributed by atoms with Crippen molar-refractivity contribution in [1.82, 2.24) is 15.1 Å². The fourth-order valence-electron chi connectivity index (χ4n) is 2.28. The van der Waals surface area contributed by atoms with E-state index in [1.165, 1.54) is 5.56 Å². The Labute approximate surface area is 116 Å². The summed E-state index contributed by atoms with van der Waals surface area (Å²) in [6.07, 6.45) is 0. The Kier molecular flexibility index (Phi) is 3.18. The van der Waals surface area contributed by atoms with Crippen LogP contribution in [0.2, 0.25) is 0 Å². The van der Waals surface area contributed by atoms with Gasteiger partial charge in [0.05, 0.1) is 17.0 Å². The number of aromatic nitrogens is 3. The molecule has 0 fully saturated rings. The van der Waals surface area contributed by atoms with E-state index in [-0.39, 0.29) is 0 Å². The maximum Gasteiger partial charge on any atom is 0.167 e. The van der Waals surface area contributed by atoms with Crippen molar-refractivity contribution in [3.8, 4) is 11.4 Å². The third-order valence-corrected chi connectivity index (χ3v) is 4.15. The molecule has 1 N–H and O–H groups in total. The van der Waals surface area contributed by atoms with Gasteiger partial charge in [-0.1, -0.05) is 5.16 Å². The number of nitrogens with one attached hydrogen (secondary N) is 1. The number of hydrogen-bond donors (Lipinski definition) is 1. The number of nitrogens with zero attached hydrogens (tertiary/aromatic N) is 3. The van der Waals surface area contributed by atoms with Gasteiger partial charge in [0.1, 0.15) is 11.6 Å². The number of aryl methyl sites for hydroxylation is 2. The highest BCUT2D eigenvalue weighted by Gasteiger charge is 2.22. The Hall–Kier alpha value is -1.56. The van der Waals surface area contributed by atoms with E-state index < -0.39 is 0 Å². The van der Waals surface area contributed by atoms with E-state index in [2.05, 4.69) is 27.4 Å². The molecule has 0 atom stereocenters. The number of anilines is 1. The first kappa shape index (κ1) is 12.5. The number of rotatable bonds is 3. The van der Waals surface area contributed by atoms with Gasteiger partial charge in [-0.2, -0.15) is 11.8 Å². The van der Waals surface area contributed by atoms with Gasteiger partial charge in [0.2, 0.25) is 0 Å². The fourth-order valence-corrected chi connectivity index (χ4v) is 3.32. The molecule has 100 valence electrons. The molecule has 5 nitrogen and oxygen atoms in total. The number of fused-ring (bicyclic) bond motifs is 1. The summed E-state index contributed by atoms with van der Waals surface area (Å²) in [5.74, 6) is 4.37. The van der Waals surface area contributed by atoms with Crippen LogP contribution >= 0.6 is 11.8 Å². The van der Waals surface area contributed by atoms with Gasteiger partial charge < -0.3 is 9.84 Å². The Morgan fingerprint density at radius 1 is 1.26 bits per heavy atom. The van der Waals surface area contributed by atoms with Crippen LogP contribution in [0.15, 0.2) is 4.52 Å². The molecule has 0 bridgehead atoms.